The average molecular weight is 388 g/mol. The standard InChI is InChI=1S/C22H29NO3S/c1-16-8-7-9-20(14-16)27(25,26)23-19-12-10-18(11-13-19)22(5,6)15-21(3,4)17(2)24/h7-14,23H,15H2,1-6H3. The maximum Gasteiger partial charge on any atom is 0.261 e. The van der Waals surface area contributed by atoms with Crippen LogP contribution < -0.4 is 4.72 Å². The molecule has 2 aromatic carbocycles. The molecule has 0 aliphatic heterocycles. The van der Waals surface area contributed by atoms with E-state index in [1.54, 1.807) is 37.3 Å². The Bertz CT molecular complexity index is 926. The summed E-state index contributed by atoms with van der Waals surface area (Å²) in [4.78, 5) is 12.1. The van der Waals surface area contributed by atoms with Crippen molar-refractivity contribution in [2.75, 3.05) is 4.72 Å². The Kier molecular flexibility index (Phi) is 5.85. The minimum atomic E-state index is -3.62. The molecule has 0 heterocycles. The van der Waals surface area contributed by atoms with Crippen LogP contribution in [0.3, 0.4) is 0 Å². The fourth-order valence-electron chi connectivity index (χ4n) is 3.32. The zero-order chi connectivity index (χ0) is 20.5. The van der Waals surface area contributed by atoms with Gasteiger partial charge in [-0.05, 0) is 61.1 Å². The maximum absolute atomic E-state index is 12.5. The van der Waals surface area contributed by atoms with Gasteiger partial charge in [-0.25, -0.2) is 8.42 Å². The summed E-state index contributed by atoms with van der Waals surface area (Å²) in [5.41, 5.74) is 1.86. The Morgan fingerprint density at radius 1 is 1.00 bits per heavy atom. The van der Waals surface area contributed by atoms with Gasteiger partial charge in [-0.3, -0.25) is 9.52 Å². The maximum atomic E-state index is 12.5. The predicted molar refractivity (Wildman–Crippen MR) is 111 cm³/mol. The topological polar surface area (TPSA) is 63.2 Å². The summed E-state index contributed by atoms with van der Waals surface area (Å²) in [5.74, 6) is 0.165. The van der Waals surface area contributed by atoms with Crippen LogP contribution in [0, 0.1) is 12.3 Å². The molecule has 0 saturated carbocycles. The molecule has 1 N–H and O–H groups in total. The molecule has 0 radical (unpaired) electrons. The van der Waals surface area contributed by atoms with E-state index in [9.17, 15) is 13.2 Å². The summed E-state index contributed by atoms with van der Waals surface area (Å²) in [7, 11) is -3.62. The molecule has 0 aromatic heterocycles. The highest BCUT2D eigenvalue weighted by Crippen LogP contribution is 2.37. The van der Waals surface area contributed by atoms with Gasteiger partial charge in [0, 0.05) is 11.1 Å². The molecule has 2 aromatic rings. The molecule has 4 nitrogen and oxygen atoms in total. The minimum absolute atomic E-state index is 0.165. The molecule has 0 saturated heterocycles. The third-order valence-electron chi connectivity index (χ3n) is 5.06. The lowest BCUT2D eigenvalue weighted by molar-refractivity contribution is -0.125. The van der Waals surface area contributed by atoms with Crippen LogP contribution in [0.4, 0.5) is 5.69 Å². The second-order valence-corrected chi connectivity index (χ2v) is 10.2. The van der Waals surface area contributed by atoms with E-state index in [1.165, 1.54) is 0 Å². The van der Waals surface area contributed by atoms with Crippen molar-refractivity contribution in [3.63, 3.8) is 0 Å². The Morgan fingerprint density at radius 3 is 2.11 bits per heavy atom. The highest BCUT2D eigenvalue weighted by molar-refractivity contribution is 7.92. The lowest BCUT2D eigenvalue weighted by atomic mass is 9.70. The van der Waals surface area contributed by atoms with Gasteiger partial charge in [-0.15, -0.1) is 0 Å². The third-order valence-corrected chi connectivity index (χ3v) is 6.43. The average Bonchev–Trinajstić information content (AvgIpc) is 2.54. The molecule has 0 spiro atoms. The van der Waals surface area contributed by atoms with Crippen LogP contribution in [-0.4, -0.2) is 14.2 Å². The zero-order valence-corrected chi connectivity index (χ0v) is 17.8. The number of ketones is 1. The van der Waals surface area contributed by atoms with E-state index in [0.29, 0.717) is 12.1 Å². The molecule has 27 heavy (non-hydrogen) atoms. The van der Waals surface area contributed by atoms with Crippen molar-refractivity contribution in [2.24, 2.45) is 5.41 Å². The van der Waals surface area contributed by atoms with Gasteiger partial charge in [0.25, 0.3) is 10.0 Å². The molecular formula is C22H29NO3S. The van der Waals surface area contributed by atoms with Crippen molar-refractivity contribution < 1.29 is 13.2 Å². The van der Waals surface area contributed by atoms with Crippen LogP contribution in [0.15, 0.2) is 53.4 Å². The molecule has 0 aliphatic rings. The van der Waals surface area contributed by atoms with Gasteiger partial charge in [0.05, 0.1) is 4.90 Å². The van der Waals surface area contributed by atoms with E-state index >= 15 is 0 Å². The Labute approximate surface area is 163 Å². The summed E-state index contributed by atoms with van der Waals surface area (Å²) >= 11 is 0. The smallest absolute Gasteiger partial charge is 0.261 e. The Hall–Kier alpha value is -2.14. The van der Waals surface area contributed by atoms with Gasteiger partial charge in [-0.1, -0.05) is 52.0 Å². The molecule has 0 bridgehead atoms. The van der Waals surface area contributed by atoms with E-state index in [1.807, 2.05) is 39.0 Å². The first-order chi connectivity index (χ1) is 12.3. The molecular weight excluding hydrogens is 358 g/mol. The van der Waals surface area contributed by atoms with Gasteiger partial charge in [0.15, 0.2) is 0 Å². The van der Waals surface area contributed by atoms with Crippen LogP contribution in [0.2, 0.25) is 0 Å². The second-order valence-electron chi connectivity index (χ2n) is 8.50. The summed E-state index contributed by atoms with van der Waals surface area (Å²) in [6.07, 6.45) is 0.712. The van der Waals surface area contributed by atoms with Crippen LogP contribution in [0.1, 0.15) is 52.2 Å². The molecule has 0 fully saturated rings. The predicted octanol–water partition coefficient (Wildman–Crippen LogP) is 5.08. The number of hydrogen-bond acceptors (Lipinski definition) is 3. The van der Waals surface area contributed by atoms with Crippen LogP contribution in [0.25, 0.3) is 0 Å². The number of aryl methyl sites for hydroxylation is 1. The quantitative estimate of drug-likeness (QED) is 0.721. The van der Waals surface area contributed by atoms with Crippen molar-refractivity contribution >= 4 is 21.5 Å². The van der Waals surface area contributed by atoms with Crippen LogP contribution in [0.5, 0.6) is 0 Å². The highest BCUT2D eigenvalue weighted by atomic mass is 32.2. The summed E-state index contributed by atoms with van der Waals surface area (Å²) in [6, 6.07) is 14.2. The number of carbonyl (C=O) groups is 1. The van der Waals surface area contributed by atoms with Crippen LogP contribution >= 0.6 is 0 Å². The molecule has 0 aliphatic carbocycles. The van der Waals surface area contributed by atoms with Crippen molar-refractivity contribution in [3.8, 4) is 0 Å². The Balaban J connectivity index is 2.21. The number of nitrogens with one attached hydrogen (secondary N) is 1. The Morgan fingerprint density at radius 2 is 1.59 bits per heavy atom. The highest BCUT2D eigenvalue weighted by Gasteiger charge is 2.33. The fraction of sp³-hybridized carbons (Fsp3) is 0.409. The number of hydrogen-bond donors (Lipinski definition) is 1. The summed E-state index contributed by atoms with van der Waals surface area (Å²) in [5, 5.41) is 0. The van der Waals surface area contributed by atoms with Gasteiger partial charge in [0.2, 0.25) is 0 Å². The van der Waals surface area contributed by atoms with Crippen molar-refractivity contribution in [2.45, 2.75) is 58.3 Å². The second kappa shape index (κ2) is 7.47. The van der Waals surface area contributed by atoms with Gasteiger partial charge in [-0.2, -0.15) is 0 Å². The van der Waals surface area contributed by atoms with Crippen LogP contribution in [-0.2, 0) is 20.2 Å². The third kappa shape index (κ3) is 5.19. The monoisotopic (exact) mass is 387 g/mol. The zero-order valence-electron chi connectivity index (χ0n) is 17.0. The van der Waals surface area contributed by atoms with Crippen molar-refractivity contribution in [1.29, 1.82) is 0 Å². The molecule has 0 unspecified atom stereocenters. The first-order valence-electron chi connectivity index (χ1n) is 9.05. The SMILES string of the molecule is CC(=O)C(C)(C)CC(C)(C)c1ccc(NS(=O)(=O)c2cccc(C)c2)cc1. The lowest BCUT2D eigenvalue weighted by Crippen LogP contribution is -2.31. The van der Waals surface area contributed by atoms with E-state index in [2.05, 4.69) is 18.6 Å². The number of carbonyl (C=O) groups excluding carboxylic acids is 1. The molecule has 146 valence electrons. The van der Waals surface area contributed by atoms with Crippen molar-refractivity contribution in [1.82, 2.24) is 0 Å². The number of rotatable bonds is 7. The molecule has 5 heteroatoms. The minimum Gasteiger partial charge on any atom is -0.299 e. The fourth-order valence-corrected chi connectivity index (χ4v) is 4.48. The molecule has 0 amide bonds. The van der Waals surface area contributed by atoms with Gasteiger partial charge in [0.1, 0.15) is 5.78 Å². The van der Waals surface area contributed by atoms with Gasteiger partial charge < -0.3 is 0 Å². The normalized spacial score (nSPS) is 12.7. The van der Waals surface area contributed by atoms with Gasteiger partial charge >= 0.3 is 0 Å². The largest absolute Gasteiger partial charge is 0.299 e. The summed E-state index contributed by atoms with van der Waals surface area (Å²) in [6.45, 7) is 11.6. The first-order valence-corrected chi connectivity index (χ1v) is 10.5. The van der Waals surface area contributed by atoms with E-state index in [-0.39, 0.29) is 16.1 Å². The van der Waals surface area contributed by atoms with E-state index in [4.69, 9.17) is 0 Å². The molecule has 0 atom stereocenters. The number of sulfonamides is 1. The van der Waals surface area contributed by atoms with E-state index in [0.717, 1.165) is 11.1 Å². The molecule has 2 rings (SSSR count). The number of Topliss-reactive ketones (excluding diaryl/α,β-unsaturated/α-hetero) is 1. The van der Waals surface area contributed by atoms with E-state index < -0.39 is 15.4 Å². The number of benzene rings is 2. The lowest BCUT2D eigenvalue weighted by Gasteiger charge is -2.34. The number of anilines is 1. The summed E-state index contributed by atoms with van der Waals surface area (Å²) < 4.78 is 27.7. The van der Waals surface area contributed by atoms with Crippen molar-refractivity contribution in [3.05, 3.63) is 59.7 Å². The first kappa shape index (κ1) is 21.2.